The normalized spacial score (nSPS) is 13.9. The van der Waals surface area contributed by atoms with Crippen LogP contribution < -0.4 is 25.6 Å². The zero-order valence-electron chi connectivity index (χ0n) is 18.2. The van der Waals surface area contributed by atoms with Crippen LogP contribution in [0.4, 0.5) is 36.3 Å². The van der Waals surface area contributed by atoms with Crippen LogP contribution in [0.15, 0.2) is 48.8 Å². The number of carbonyl (C=O) groups is 1. The fourth-order valence-electron chi connectivity index (χ4n) is 3.40. The molecule has 1 saturated heterocycles. The molecular formula is C22H22F3N7O2. The van der Waals surface area contributed by atoms with E-state index in [9.17, 15) is 18.0 Å². The number of benzene rings is 1. The van der Waals surface area contributed by atoms with Gasteiger partial charge < -0.3 is 25.6 Å². The van der Waals surface area contributed by atoms with Gasteiger partial charge in [0, 0.05) is 38.1 Å². The average molecular weight is 473 g/mol. The molecule has 3 N–H and O–H groups in total. The number of piperazine rings is 1. The van der Waals surface area contributed by atoms with Crippen molar-refractivity contribution in [2.75, 3.05) is 48.8 Å². The van der Waals surface area contributed by atoms with E-state index >= 15 is 0 Å². The van der Waals surface area contributed by atoms with Gasteiger partial charge in [0.15, 0.2) is 11.6 Å². The quantitative estimate of drug-likeness (QED) is 0.501. The Balaban J connectivity index is 1.63. The first-order valence-electron chi connectivity index (χ1n) is 10.4. The number of aromatic nitrogens is 3. The van der Waals surface area contributed by atoms with Crippen LogP contribution >= 0.6 is 0 Å². The van der Waals surface area contributed by atoms with Gasteiger partial charge in [-0.15, -0.1) is 0 Å². The van der Waals surface area contributed by atoms with Gasteiger partial charge >= 0.3 is 6.18 Å². The Morgan fingerprint density at radius 1 is 1.15 bits per heavy atom. The molecule has 0 radical (unpaired) electrons. The van der Waals surface area contributed by atoms with E-state index < -0.39 is 17.6 Å². The lowest BCUT2D eigenvalue weighted by Gasteiger charge is -2.27. The SMILES string of the molecule is COc1cnc(N2CCNCC2)nc1Nc1ccc(NC(=O)c2ccccn2)cc1C(F)(F)F. The molecular weight excluding hydrogens is 451 g/mol. The summed E-state index contributed by atoms with van der Waals surface area (Å²) >= 11 is 0. The molecule has 0 spiro atoms. The zero-order valence-corrected chi connectivity index (χ0v) is 18.2. The maximum atomic E-state index is 13.9. The summed E-state index contributed by atoms with van der Waals surface area (Å²) in [6.45, 7) is 2.85. The molecule has 0 saturated carbocycles. The van der Waals surface area contributed by atoms with E-state index in [4.69, 9.17) is 4.74 Å². The van der Waals surface area contributed by atoms with Gasteiger partial charge in [0.05, 0.1) is 24.6 Å². The molecule has 4 rings (SSSR count). The number of methoxy groups -OCH3 is 1. The third kappa shape index (κ3) is 5.34. The summed E-state index contributed by atoms with van der Waals surface area (Å²) in [7, 11) is 1.38. The molecule has 0 bridgehead atoms. The van der Waals surface area contributed by atoms with Crippen LogP contribution in [0.5, 0.6) is 5.75 Å². The van der Waals surface area contributed by atoms with Crippen molar-refractivity contribution in [3.63, 3.8) is 0 Å². The summed E-state index contributed by atoms with van der Waals surface area (Å²) in [4.78, 5) is 26.8. The highest BCUT2D eigenvalue weighted by molar-refractivity contribution is 6.03. The van der Waals surface area contributed by atoms with Gasteiger partial charge in [0.1, 0.15) is 5.69 Å². The number of hydrogen-bond donors (Lipinski definition) is 3. The van der Waals surface area contributed by atoms with Crippen molar-refractivity contribution in [3.8, 4) is 5.75 Å². The third-order valence-electron chi connectivity index (χ3n) is 5.10. The van der Waals surface area contributed by atoms with Crippen LogP contribution in [0.1, 0.15) is 16.1 Å². The summed E-state index contributed by atoms with van der Waals surface area (Å²) in [5.41, 5.74) is -1.16. The molecule has 1 amide bonds. The highest BCUT2D eigenvalue weighted by atomic mass is 19.4. The molecule has 9 nitrogen and oxygen atoms in total. The van der Waals surface area contributed by atoms with Crippen LogP contribution in [0, 0.1) is 0 Å². The molecule has 12 heteroatoms. The summed E-state index contributed by atoms with van der Waals surface area (Å²) < 4.78 is 46.9. The summed E-state index contributed by atoms with van der Waals surface area (Å²) in [6.07, 6.45) is -1.86. The molecule has 0 aliphatic carbocycles. The number of halogens is 3. The summed E-state index contributed by atoms with van der Waals surface area (Å²) in [6, 6.07) is 8.15. The van der Waals surface area contributed by atoms with Gasteiger partial charge in [0.25, 0.3) is 5.91 Å². The Bertz CT molecular complexity index is 1150. The lowest BCUT2D eigenvalue weighted by Crippen LogP contribution is -2.44. The second-order valence-electron chi connectivity index (χ2n) is 7.38. The third-order valence-corrected chi connectivity index (χ3v) is 5.10. The fourth-order valence-corrected chi connectivity index (χ4v) is 3.40. The Morgan fingerprint density at radius 2 is 1.94 bits per heavy atom. The number of amides is 1. The van der Waals surface area contributed by atoms with E-state index in [1.54, 1.807) is 12.1 Å². The first-order chi connectivity index (χ1) is 16.3. The second kappa shape index (κ2) is 9.91. The van der Waals surface area contributed by atoms with Crippen molar-refractivity contribution in [1.29, 1.82) is 0 Å². The molecule has 2 aromatic heterocycles. The molecule has 0 atom stereocenters. The van der Waals surface area contributed by atoms with Gasteiger partial charge in [-0.05, 0) is 30.3 Å². The highest BCUT2D eigenvalue weighted by Gasteiger charge is 2.34. The van der Waals surface area contributed by atoms with Crippen LogP contribution in [-0.2, 0) is 6.18 Å². The van der Waals surface area contributed by atoms with E-state index in [2.05, 4.69) is 30.9 Å². The number of pyridine rings is 1. The average Bonchev–Trinajstić information content (AvgIpc) is 2.85. The number of rotatable bonds is 6. The van der Waals surface area contributed by atoms with E-state index in [0.29, 0.717) is 19.0 Å². The van der Waals surface area contributed by atoms with Gasteiger partial charge in [-0.1, -0.05) is 6.07 Å². The van der Waals surface area contributed by atoms with Crippen molar-refractivity contribution >= 4 is 29.0 Å². The largest absolute Gasteiger partial charge is 0.491 e. The topological polar surface area (TPSA) is 104 Å². The molecule has 178 valence electrons. The number of nitrogens with one attached hydrogen (secondary N) is 3. The first-order valence-corrected chi connectivity index (χ1v) is 10.4. The Labute approximate surface area is 193 Å². The van der Waals surface area contributed by atoms with E-state index in [0.717, 1.165) is 19.2 Å². The number of ether oxygens (including phenoxy) is 1. The van der Waals surface area contributed by atoms with Crippen molar-refractivity contribution in [3.05, 3.63) is 60.0 Å². The maximum Gasteiger partial charge on any atom is 0.418 e. The summed E-state index contributed by atoms with van der Waals surface area (Å²) in [5.74, 6) is 0.0616. The molecule has 1 fully saturated rings. The zero-order chi connectivity index (χ0) is 24.1. The molecule has 3 aromatic rings. The number of hydrogen-bond acceptors (Lipinski definition) is 8. The highest BCUT2D eigenvalue weighted by Crippen LogP contribution is 2.39. The lowest BCUT2D eigenvalue weighted by molar-refractivity contribution is -0.136. The molecule has 3 heterocycles. The van der Waals surface area contributed by atoms with E-state index in [-0.39, 0.29) is 28.6 Å². The first kappa shape index (κ1) is 23.2. The van der Waals surface area contributed by atoms with E-state index in [1.165, 1.54) is 37.7 Å². The predicted molar refractivity (Wildman–Crippen MR) is 121 cm³/mol. The van der Waals surface area contributed by atoms with Gasteiger partial charge in [0.2, 0.25) is 5.95 Å². The Morgan fingerprint density at radius 3 is 2.62 bits per heavy atom. The van der Waals surface area contributed by atoms with Crippen molar-refractivity contribution in [2.24, 2.45) is 0 Å². The molecule has 1 aliphatic rings. The molecule has 34 heavy (non-hydrogen) atoms. The minimum absolute atomic E-state index is 0.0234. The number of carbonyl (C=O) groups excluding carboxylic acids is 1. The van der Waals surface area contributed by atoms with Crippen molar-refractivity contribution < 1.29 is 22.7 Å². The van der Waals surface area contributed by atoms with E-state index in [1.807, 2.05) is 4.90 Å². The molecule has 0 unspecified atom stereocenters. The maximum absolute atomic E-state index is 13.9. The molecule has 1 aliphatic heterocycles. The minimum atomic E-state index is -4.70. The molecule has 1 aromatic carbocycles. The van der Waals surface area contributed by atoms with Crippen molar-refractivity contribution in [1.82, 2.24) is 20.3 Å². The van der Waals surface area contributed by atoms with Crippen LogP contribution in [-0.4, -0.2) is 54.1 Å². The van der Waals surface area contributed by atoms with Gasteiger partial charge in [-0.3, -0.25) is 9.78 Å². The smallest absolute Gasteiger partial charge is 0.418 e. The lowest BCUT2D eigenvalue weighted by atomic mass is 10.1. The van der Waals surface area contributed by atoms with Crippen molar-refractivity contribution in [2.45, 2.75) is 6.18 Å². The number of nitrogens with zero attached hydrogens (tertiary/aromatic N) is 4. The standard InChI is InChI=1S/C22H22F3N7O2/c1-34-18-13-28-21(32-10-8-26-9-11-32)31-19(18)30-16-6-5-14(12-15(16)22(23,24)25)29-20(33)17-4-2-3-7-27-17/h2-7,12-13,26H,8-11H2,1H3,(H,29,33)(H,28,30,31). The summed E-state index contributed by atoms with van der Waals surface area (Å²) in [5, 5.41) is 8.39. The fraction of sp³-hybridized carbons (Fsp3) is 0.273. The second-order valence-corrected chi connectivity index (χ2v) is 7.38. The van der Waals surface area contributed by atoms with Gasteiger partial charge in [-0.2, -0.15) is 18.2 Å². The Kier molecular flexibility index (Phi) is 6.77. The minimum Gasteiger partial charge on any atom is -0.491 e. The van der Waals surface area contributed by atoms with Crippen LogP contribution in [0.3, 0.4) is 0 Å². The number of anilines is 4. The van der Waals surface area contributed by atoms with Crippen LogP contribution in [0.25, 0.3) is 0 Å². The number of alkyl halides is 3. The van der Waals surface area contributed by atoms with Gasteiger partial charge in [-0.25, -0.2) is 4.98 Å². The predicted octanol–water partition coefficient (Wildman–Crippen LogP) is 3.30. The monoisotopic (exact) mass is 473 g/mol. The van der Waals surface area contributed by atoms with Crippen LogP contribution in [0.2, 0.25) is 0 Å². The Hall–Kier alpha value is -3.93.